The highest BCUT2D eigenvalue weighted by Gasteiger charge is 2.25. The average molecular weight is 786 g/mol. The molecule has 0 saturated carbocycles. The lowest BCUT2D eigenvalue weighted by Crippen LogP contribution is -2.23. The molecule has 0 spiro atoms. The number of fused-ring (bicyclic) bond motifs is 3. The van der Waals surface area contributed by atoms with Gasteiger partial charge in [0.1, 0.15) is 5.58 Å². The Hall–Kier alpha value is -6.72. The van der Waals surface area contributed by atoms with E-state index in [1.54, 1.807) is 12.1 Å². The molecule has 5 heteroatoms. The second-order valence-electron chi connectivity index (χ2n) is 17.3. The maximum atomic E-state index is 7.80. The molecule has 9 aromatic rings. The second-order valence-corrected chi connectivity index (χ2v) is 17.3. The van der Waals surface area contributed by atoms with Gasteiger partial charge in [0.2, 0.25) is 5.71 Å². The van der Waals surface area contributed by atoms with E-state index in [1.165, 1.54) is 27.8 Å². The lowest BCUT2D eigenvalue weighted by atomic mass is 9.77. The predicted octanol–water partition coefficient (Wildman–Crippen LogP) is 13.3. The fourth-order valence-electron chi connectivity index (χ4n) is 8.46. The number of aryl methyl sites for hydroxylation is 3. The molecule has 5 heterocycles. The van der Waals surface area contributed by atoms with Gasteiger partial charge in [0.15, 0.2) is 0 Å². The molecule has 0 amide bonds. The van der Waals surface area contributed by atoms with Crippen LogP contribution in [0.5, 0.6) is 0 Å². The van der Waals surface area contributed by atoms with Gasteiger partial charge in [0.25, 0.3) is 0 Å². The molecule has 296 valence electrons. The number of hydrogen-bond acceptors (Lipinski definition) is 5. The van der Waals surface area contributed by atoms with Crippen LogP contribution in [0, 0.1) is 6.85 Å². The van der Waals surface area contributed by atoms with Crippen molar-refractivity contribution in [3.63, 3.8) is 0 Å². The molecule has 0 aliphatic heterocycles. The number of pyridine rings is 4. The summed E-state index contributed by atoms with van der Waals surface area (Å²) in [5, 5.41) is 1.65. The van der Waals surface area contributed by atoms with Crippen molar-refractivity contribution >= 4 is 22.1 Å². The Morgan fingerprint density at radius 1 is 0.500 bits per heavy atom. The van der Waals surface area contributed by atoms with Crippen LogP contribution in [-0.2, 0) is 36.5 Å². The molecule has 0 fully saturated rings. The summed E-state index contributed by atoms with van der Waals surface area (Å²) < 4.78 is 29.6. The Morgan fingerprint density at radius 3 is 1.62 bits per heavy atom. The van der Waals surface area contributed by atoms with Gasteiger partial charge in [-0.3, -0.25) is 15.0 Å². The summed E-state index contributed by atoms with van der Waals surface area (Å²) in [6.45, 7) is 6.93. The van der Waals surface area contributed by atoms with Crippen molar-refractivity contribution in [2.24, 2.45) is 0 Å². The van der Waals surface area contributed by atoms with Crippen LogP contribution < -0.4 is 0 Å². The quantitative estimate of drug-likeness (QED) is 0.123. The summed E-state index contributed by atoms with van der Waals surface area (Å²) in [7, 11) is 0. The summed E-state index contributed by atoms with van der Waals surface area (Å²) in [5.74, 6) is 0. The summed E-state index contributed by atoms with van der Waals surface area (Å²) in [5.41, 5.74) is 13.9. The van der Waals surface area contributed by atoms with Gasteiger partial charge in [-0.1, -0.05) is 137 Å². The first-order valence-corrected chi connectivity index (χ1v) is 20.7. The molecule has 5 nitrogen and oxygen atoms in total. The van der Waals surface area contributed by atoms with Crippen LogP contribution in [0.2, 0.25) is 0 Å². The van der Waals surface area contributed by atoms with Crippen molar-refractivity contribution in [1.82, 2.24) is 19.9 Å². The van der Waals surface area contributed by atoms with Crippen LogP contribution in [-0.4, -0.2) is 19.9 Å². The zero-order valence-electron chi connectivity index (χ0n) is 37.6. The molecule has 9 rings (SSSR count). The SMILES string of the molecule is [2H]C([2H])([2H])c1ccc2c(n1)oc1c(-c3ccc(CCc4cc(CC(C)(C)c5ccc(-c6ccccc6)nc5)cc(CC(C)(C)c5ccc(-c6ccccc6)nc5)c4)cn3)cccc12. The predicted molar refractivity (Wildman–Crippen MR) is 246 cm³/mol. The van der Waals surface area contributed by atoms with Gasteiger partial charge < -0.3 is 4.42 Å². The zero-order valence-corrected chi connectivity index (χ0v) is 34.6. The van der Waals surface area contributed by atoms with Crippen molar-refractivity contribution in [3.05, 3.63) is 203 Å². The van der Waals surface area contributed by atoms with E-state index in [0.717, 1.165) is 75.8 Å². The molecule has 0 aliphatic carbocycles. The van der Waals surface area contributed by atoms with E-state index in [9.17, 15) is 0 Å². The number of furan rings is 1. The molecule has 5 aromatic heterocycles. The number of hydrogen-bond donors (Lipinski definition) is 0. The molecule has 0 unspecified atom stereocenters. The van der Waals surface area contributed by atoms with E-state index < -0.39 is 6.85 Å². The zero-order chi connectivity index (χ0) is 43.8. The fourth-order valence-corrected chi connectivity index (χ4v) is 8.46. The Kier molecular flexibility index (Phi) is 9.48. The highest BCUT2D eigenvalue weighted by molar-refractivity contribution is 6.08. The number of para-hydroxylation sites is 1. The summed E-state index contributed by atoms with van der Waals surface area (Å²) in [4.78, 5) is 19.0. The molecular formula is C55H50N4O. The van der Waals surface area contributed by atoms with E-state index in [1.807, 2.05) is 79.3 Å². The average Bonchev–Trinajstić information content (AvgIpc) is 3.67. The van der Waals surface area contributed by atoms with Gasteiger partial charge in [-0.15, -0.1) is 0 Å². The second kappa shape index (κ2) is 16.1. The highest BCUT2D eigenvalue weighted by Crippen LogP contribution is 2.36. The van der Waals surface area contributed by atoms with Crippen LogP contribution in [0.1, 0.15) is 70.9 Å². The molecule has 0 atom stereocenters. The van der Waals surface area contributed by atoms with Crippen molar-refractivity contribution in [2.45, 2.75) is 71.1 Å². The Balaban J connectivity index is 0.974. The summed E-state index contributed by atoms with van der Waals surface area (Å²) >= 11 is 0. The Bertz CT molecular complexity index is 2900. The van der Waals surface area contributed by atoms with Gasteiger partial charge in [0.05, 0.1) is 17.1 Å². The highest BCUT2D eigenvalue weighted by atomic mass is 16.3. The minimum Gasteiger partial charge on any atom is -0.437 e. The third kappa shape index (κ3) is 8.26. The van der Waals surface area contributed by atoms with Crippen molar-refractivity contribution in [2.75, 3.05) is 0 Å². The fraction of sp³-hybridized carbons (Fsp3) is 0.200. The third-order valence-corrected chi connectivity index (χ3v) is 11.8. The molecule has 0 bridgehead atoms. The van der Waals surface area contributed by atoms with Gasteiger partial charge in [-0.2, -0.15) is 0 Å². The Labute approximate surface area is 357 Å². The Morgan fingerprint density at radius 2 is 1.07 bits per heavy atom. The first-order valence-electron chi connectivity index (χ1n) is 22.2. The number of rotatable bonds is 12. The third-order valence-electron chi connectivity index (χ3n) is 11.8. The first-order chi connectivity index (χ1) is 30.3. The monoisotopic (exact) mass is 785 g/mol. The van der Waals surface area contributed by atoms with E-state index >= 15 is 0 Å². The van der Waals surface area contributed by atoms with E-state index in [0.29, 0.717) is 11.3 Å². The van der Waals surface area contributed by atoms with Crippen LogP contribution in [0.4, 0.5) is 0 Å². The van der Waals surface area contributed by atoms with E-state index in [-0.39, 0.29) is 16.5 Å². The molecule has 0 radical (unpaired) electrons. The standard InChI is InChI=1S/C55H50N4O/c1-37-19-25-47-46-17-12-18-48(52(46)60-53(47)59-37)51-26-22-38(34-56-51)20-21-39-29-40(32-54(2,3)44-23-27-49(57-35-44)42-13-8-6-9-14-42)31-41(30-39)33-55(4,5)45-24-28-50(58-36-45)43-15-10-7-11-16-43/h6-19,22-31,34-36H,20-21,32-33H2,1-5H3/i1D3. The summed E-state index contributed by atoms with van der Waals surface area (Å²) in [6, 6.07) is 50.0. The summed E-state index contributed by atoms with van der Waals surface area (Å²) in [6.07, 6.45) is 9.46. The number of benzene rings is 4. The molecule has 60 heavy (non-hydrogen) atoms. The molecule has 0 N–H and O–H groups in total. The lowest BCUT2D eigenvalue weighted by molar-refractivity contribution is 0.512. The molecular weight excluding hydrogens is 733 g/mol. The van der Waals surface area contributed by atoms with E-state index in [2.05, 4.69) is 105 Å². The molecule has 0 aliphatic rings. The number of aromatic nitrogens is 4. The molecule has 0 saturated heterocycles. The topological polar surface area (TPSA) is 64.7 Å². The van der Waals surface area contributed by atoms with Crippen molar-refractivity contribution < 1.29 is 8.53 Å². The number of nitrogens with zero attached hydrogens (tertiary/aromatic N) is 4. The maximum absolute atomic E-state index is 7.80. The van der Waals surface area contributed by atoms with Crippen LogP contribution in [0.3, 0.4) is 0 Å². The minimum absolute atomic E-state index is 0.0143. The molecule has 4 aromatic carbocycles. The largest absolute Gasteiger partial charge is 0.437 e. The lowest BCUT2D eigenvalue weighted by Gasteiger charge is -2.28. The van der Waals surface area contributed by atoms with Crippen LogP contribution in [0.25, 0.3) is 55.8 Å². The van der Waals surface area contributed by atoms with Gasteiger partial charge in [-0.05, 0) is 113 Å². The van der Waals surface area contributed by atoms with Gasteiger partial charge >= 0.3 is 0 Å². The van der Waals surface area contributed by atoms with Crippen LogP contribution >= 0.6 is 0 Å². The van der Waals surface area contributed by atoms with Gasteiger partial charge in [0, 0.05) is 55.9 Å². The van der Waals surface area contributed by atoms with E-state index in [4.69, 9.17) is 23.5 Å². The smallest absolute Gasteiger partial charge is 0.227 e. The van der Waals surface area contributed by atoms with Gasteiger partial charge in [-0.25, -0.2) is 4.98 Å². The van der Waals surface area contributed by atoms with Crippen molar-refractivity contribution in [3.8, 4) is 33.8 Å². The first kappa shape index (κ1) is 35.2. The van der Waals surface area contributed by atoms with Crippen molar-refractivity contribution in [1.29, 1.82) is 0 Å². The maximum Gasteiger partial charge on any atom is 0.227 e. The van der Waals surface area contributed by atoms with Crippen LogP contribution in [0.15, 0.2) is 169 Å². The normalized spacial score (nSPS) is 13.0. The minimum atomic E-state index is -2.31.